The SMILES string of the molecule is COc1ccc(-c2nnc(-c3ccc(S(=O)(=O)c4ccc(-c5nnc(-c6ccc(OC)cc6)o5)cc4)cc3)o2)cc1. The van der Waals surface area contributed by atoms with E-state index in [2.05, 4.69) is 20.4 Å². The van der Waals surface area contributed by atoms with Gasteiger partial charge in [0.15, 0.2) is 0 Å². The van der Waals surface area contributed by atoms with Crippen LogP contribution in [0.3, 0.4) is 0 Å². The van der Waals surface area contributed by atoms with Crippen molar-refractivity contribution >= 4 is 9.84 Å². The minimum atomic E-state index is -3.78. The van der Waals surface area contributed by atoms with Crippen LogP contribution in [0.25, 0.3) is 45.8 Å². The molecule has 0 spiro atoms. The van der Waals surface area contributed by atoms with Crippen molar-refractivity contribution in [3.63, 3.8) is 0 Å². The highest BCUT2D eigenvalue weighted by molar-refractivity contribution is 7.91. The van der Waals surface area contributed by atoms with Crippen molar-refractivity contribution in [2.75, 3.05) is 14.2 Å². The zero-order valence-electron chi connectivity index (χ0n) is 21.9. The van der Waals surface area contributed by atoms with Crippen LogP contribution >= 0.6 is 0 Å². The Kier molecular flexibility index (Phi) is 6.78. The first kappa shape index (κ1) is 26.0. The summed E-state index contributed by atoms with van der Waals surface area (Å²) in [4.78, 5) is 0.256. The molecule has 6 rings (SSSR count). The summed E-state index contributed by atoms with van der Waals surface area (Å²) >= 11 is 0. The van der Waals surface area contributed by atoms with Crippen LogP contribution in [0.4, 0.5) is 0 Å². The van der Waals surface area contributed by atoms with Crippen molar-refractivity contribution in [1.82, 2.24) is 20.4 Å². The summed E-state index contributed by atoms with van der Waals surface area (Å²) in [7, 11) is -0.599. The number of rotatable bonds is 8. The van der Waals surface area contributed by atoms with Gasteiger partial charge in [-0.2, -0.15) is 0 Å². The Morgan fingerprint density at radius 3 is 1.00 bits per heavy atom. The van der Waals surface area contributed by atoms with Gasteiger partial charge < -0.3 is 18.3 Å². The number of benzene rings is 4. The zero-order valence-corrected chi connectivity index (χ0v) is 22.7. The van der Waals surface area contributed by atoms with Crippen molar-refractivity contribution in [3.05, 3.63) is 97.1 Å². The third kappa shape index (κ3) is 5.18. The van der Waals surface area contributed by atoms with Crippen LogP contribution in [0, 0.1) is 0 Å². The molecule has 0 aliphatic rings. The van der Waals surface area contributed by atoms with Crippen LogP contribution in [0.2, 0.25) is 0 Å². The molecule has 41 heavy (non-hydrogen) atoms. The lowest BCUT2D eigenvalue weighted by atomic mass is 10.2. The molecule has 0 atom stereocenters. The Hall–Kier alpha value is -5.29. The molecule has 0 radical (unpaired) electrons. The van der Waals surface area contributed by atoms with Gasteiger partial charge in [-0.3, -0.25) is 0 Å². The monoisotopic (exact) mass is 566 g/mol. The molecule has 0 aliphatic heterocycles. The van der Waals surface area contributed by atoms with E-state index in [1.807, 2.05) is 24.3 Å². The lowest BCUT2D eigenvalue weighted by Gasteiger charge is -2.06. The van der Waals surface area contributed by atoms with Gasteiger partial charge in [-0.15, -0.1) is 20.4 Å². The van der Waals surface area contributed by atoms with Gasteiger partial charge in [0.25, 0.3) is 0 Å². The van der Waals surface area contributed by atoms with Crippen LogP contribution in [0.5, 0.6) is 11.5 Å². The molecular formula is C30H22N4O6S. The minimum absolute atomic E-state index is 0.128. The van der Waals surface area contributed by atoms with Crippen LogP contribution in [0.1, 0.15) is 0 Å². The van der Waals surface area contributed by atoms with Gasteiger partial charge >= 0.3 is 0 Å². The predicted octanol–water partition coefficient (Wildman–Crippen LogP) is 5.97. The average molecular weight is 567 g/mol. The van der Waals surface area contributed by atoms with Gasteiger partial charge in [0, 0.05) is 22.3 Å². The number of sulfone groups is 1. The molecule has 0 amide bonds. The largest absolute Gasteiger partial charge is 0.497 e. The predicted molar refractivity (Wildman–Crippen MR) is 149 cm³/mol. The fourth-order valence-corrected chi connectivity index (χ4v) is 5.33. The van der Waals surface area contributed by atoms with E-state index in [1.54, 1.807) is 62.8 Å². The Labute approximate surface area is 235 Å². The first-order chi connectivity index (χ1) is 19.9. The molecule has 2 aromatic heterocycles. The highest BCUT2D eigenvalue weighted by Crippen LogP contribution is 2.30. The van der Waals surface area contributed by atoms with Crippen LogP contribution in [0.15, 0.2) is 116 Å². The summed E-state index contributed by atoms with van der Waals surface area (Å²) in [5.74, 6) is 2.67. The van der Waals surface area contributed by atoms with Crippen LogP contribution in [-0.4, -0.2) is 43.0 Å². The van der Waals surface area contributed by atoms with Crippen LogP contribution in [-0.2, 0) is 9.84 Å². The summed E-state index contributed by atoms with van der Waals surface area (Å²) in [5, 5.41) is 16.4. The van der Waals surface area contributed by atoms with E-state index in [4.69, 9.17) is 18.3 Å². The molecule has 0 saturated carbocycles. The van der Waals surface area contributed by atoms with E-state index in [0.717, 1.165) is 11.1 Å². The van der Waals surface area contributed by atoms with E-state index in [-0.39, 0.29) is 21.6 Å². The minimum Gasteiger partial charge on any atom is -0.497 e. The molecule has 10 nitrogen and oxygen atoms in total. The van der Waals surface area contributed by atoms with Gasteiger partial charge in [-0.1, -0.05) is 0 Å². The van der Waals surface area contributed by atoms with Gasteiger partial charge in [-0.05, 0) is 97.1 Å². The molecule has 0 bridgehead atoms. The van der Waals surface area contributed by atoms with Gasteiger partial charge in [0.1, 0.15) is 11.5 Å². The lowest BCUT2D eigenvalue weighted by molar-refractivity contribution is 0.414. The third-order valence-corrected chi connectivity index (χ3v) is 8.13. The first-order valence-electron chi connectivity index (χ1n) is 12.4. The summed E-state index contributed by atoms with van der Waals surface area (Å²) in [6.07, 6.45) is 0. The zero-order chi connectivity index (χ0) is 28.4. The van der Waals surface area contributed by atoms with Crippen molar-refractivity contribution in [1.29, 1.82) is 0 Å². The molecule has 6 aromatic rings. The molecule has 4 aromatic carbocycles. The molecule has 0 aliphatic carbocycles. The number of ether oxygens (including phenoxy) is 2. The summed E-state index contributed by atoms with van der Waals surface area (Å²) < 4.78 is 48.5. The normalized spacial score (nSPS) is 11.4. The number of nitrogens with zero attached hydrogens (tertiary/aromatic N) is 4. The molecule has 11 heteroatoms. The van der Waals surface area contributed by atoms with Crippen molar-refractivity contribution in [3.8, 4) is 57.3 Å². The fraction of sp³-hybridized carbons (Fsp3) is 0.0667. The molecule has 0 fully saturated rings. The summed E-state index contributed by atoms with van der Waals surface area (Å²) in [5.41, 5.74) is 2.67. The molecular weight excluding hydrogens is 544 g/mol. The summed E-state index contributed by atoms with van der Waals surface area (Å²) in [6.45, 7) is 0. The summed E-state index contributed by atoms with van der Waals surface area (Å²) in [6, 6.07) is 27.0. The molecule has 2 heterocycles. The second-order valence-corrected chi connectivity index (χ2v) is 10.8. The molecule has 0 unspecified atom stereocenters. The Morgan fingerprint density at radius 1 is 0.463 bits per heavy atom. The van der Waals surface area contributed by atoms with Crippen LogP contribution < -0.4 is 9.47 Å². The Morgan fingerprint density at radius 2 is 0.732 bits per heavy atom. The van der Waals surface area contributed by atoms with Gasteiger partial charge in [-0.25, -0.2) is 8.42 Å². The maximum Gasteiger partial charge on any atom is 0.248 e. The topological polar surface area (TPSA) is 130 Å². The maximum atomic E-state index is 13.3. The van der Waals surface area contributed by atoms with E-state index in [0.29, 0.717) is 34.4 Å². The van der Waals surface area contributed by atoms with Crippen molar-refractivity contribution in [2.24, 2.45) is 0 Å². The standard InChI is InChI=1S/C30H22N4O6S/c1-37-23-11-3-19(4-12-23)27-31-33-29(39-27)21-7-15-25(16-8-21)41(35,36)26-17-9-22(10-18-26)30-34-32-28(40-30)20-5-13-24(38-2)14-6-20/h3-18H,1-2H3. The number of aromatic nitrogens is 4. The fourth-order valence-electron chi connectivity index (χ4n) is 4.07. The average Bonchev–Trinajstić information content (AvgIpc) is 3.73. The van der Waals surface area contributed by atoms with Crippen molar-refractivity contribution < 1.29 is 26.7 Å². The van der Waals surface area contributed by atoms with Gasteiger partial charge in [0.05, 0.1) is 24.0 Å². The second kappa shape index (κ2) is 10.7. The highest BCUT2D eigenvalue weighted by atomic mass is 32.2. The molecule has 0 saturated heterocycles. The highest BCUT2D eigenvalue weighted by Gasteiger charge is 2.20. The smallest absolute Gasteiger partial charge is 0.248 e. The van der Waals surface area contributed by atoms with E-state index in [1.165, 1.54) is 24.3 Å². The first-order valence-corrected chi connectivity index (χ1v) is 13.8. The Balaban J connectivity index is 1.18. The third-order valence-electron chi connectivity index (χ3n) is 6.35. The lowest BCUT2D eigenvalue weighted by Crippen LogP contribution is -2.01. The van der Waals surface area contributed by atoms with E-state index in [9.17, 15) is 8.42 Å². The van der Waals surface area contributed by atoms with Crippen molar-refractivity contribution in [2.45, 2.75) is 9.79 Å². The van der Waals surface area contributed by atoms with Gasteiger partial charge in [0.2, 0.25) is 33.4 Å². The van der Waals surface area contributed by atoms with E-state index < -0.39 is 9.84 Å². The number of methoxy groups -OCH3 is 2. The molecule has 0 N–H and O–H groups in total. The number of hydrogen-bond acceptors (Lipinski definition) is 10. The number of hydrogen-bond donors (Lipinski definition) is 0. The molecule has 204 valence electrons. The maximum absolute atomic E-state index is 13.3. The Bertz CT molecular complexity index is 1760. The second-order valence-electron chi connectivity index (χ2n) is 8.83. The quantitative estimate of drug-likeness (QED) is 0.217. The van der Waals surface area contributed by atoms with E-state index >= 15 is 0 Å².